The highest BCUT2D eigenvalue weighted by atomic mass is 16.5. The number of aryl methyl sites for hydroxylation is 2. The monoisotopic (exact) mass is 482 g/mol. The molecule has 196 valence electrons. The van der Waals surface area contributed by atoms with Crippen LogP contribution >= 0.6 is 0 Å². The Hall–Kier alpha value is -2.00. The Morgan fingerprint density at radius 1 is 0.743 bits per heavy atom. The van der Waals surface area contributed by atoms with Crippen molar-refractivity contribution in [1.29, 1.82) is 0 Å². The van der Waals surface area contributed by atoms with Crippen LogP contribution in [-0.4, -0.2) is 23.4 Å². The average molecular weight is 483 g/mol. The van der Waals surface area contributed by atoms with Crippen molar-refractivity contribution >= 4 is 0 Å². The van der Waals surface area contributed by atoms with Crippen LogP contribution < -0.4 is 9.47 Å². The predicted molar refractivity (Wildman–Crippen MR) is 149 cm³/mol. The zero-order valence-corrected chi connectivity index (χ0v) is 24.0. The van der Waals surface area contributed by atoms with Gasteiger partial charge in [0, 0.05) is 5.41 Å². The van der Waals surface area contributed by atoms with Crippen molar-refractivity contribution < 1.29 is 14.6 Å². The number of ether oxygens (including phenoxy) is 2. The number of aliphatic hydroxyl groups excluding tert-OH is 1. The highest BCUT2D eigenvalue weighted by Crippen LogP contribution is 2.37. The Labute approximate surface area is 215 Å². The zero-order valence-electron chi connectivity index (χ0n) is 24.0. The molecule has 0 aliphatic heterocycles. The molecule has 2 aromatic rings. The molecule has 2 aromatic carbocycles. The fourth-order valence-corrected chi connectivity index (χ4v) is 4.53. The van der Waals surface area contributed by atoms with Crippen LogP contribution in [0.4, 0.5) is 0 Å². The second kappa shape index (κ2) is 11.8. The summed E-state index contributed by atoms with van der Waals surface area (Å²) in [6.07, 6.45) is 4.40. The van der Waals surface area contributed by atoms with Crippen LogP contribution in [0.5, 0.6) is 11.5 Å². The first kappa shape index (κ1) is 29.2. The standard InChI is InChI=1S/C32H50O3/c1-11-31(9,12-2)21-27(33)22-34-28-17-15-25(19-23(28)5)30(7,8)26-16-18-29(24(6)20-26)35-32(10,13-3)14-4/h15-20,27,33H,11-14,21-22H2,1-10H3. The Kier molecular flexibility index (Phi) is 9.87. The van der Waals surface area contributed by atoms with Crippen LogP contribution in [0.25, 0.3) is 0 Å². The molecule has 3 heteroatoms. The van der Waals surface area contributed by atoms with Crippen molar-refractivity contribution in [3.63, 3.8) is 0 Å². The molecule has 0 amide bonds. The highest BCUT2D eigenvalue weighted by molar-refractivity contribution is 5.47. The first-order valence-corrected chi connectivity index (χ1v) is 13.5. The third kappa shape index (κ3) is 7.26. The minimum atomic E-state index is -0.457. The van der Waals surface area contributed by atoms with E-state index in [0.29, 0.717) is 6.61 Å². The van der Waals surface area contributed by atoms with Gasteiger partial charge in [0.05, 0.1) is 6.10 Å². The molecular formula is C32H50O3. The van der Waals surface area contributed by atoms with Gasteiger partial charge in [-0.15, -0.1) is 0 Å². The van der Waals surface area contributed by atoms with Gasteiger partial charge in [-0.25, -0.2) is 0 Å². The van der Waals surface area contributed by atoms with Gasteiger partial charge in [0.2, 0.25) is 0 Å². The smallest absolute Gasteiger partial charge is 0.123 e. The third-order valence-electron chi connectivity index (χ3n) is 8.51. The molecule has 0 fully saturated rings. The lowest BCUT2D eigenvalue weighted by atomic mass is 9.77. The van der Waals surface area contributed by atoms with Crippen molar-refractivity contribution in [1.82, 2.24) is 0 Å². The van der Waals surface area contributed by atoms with E-state index in [9.17, 15) is 5.11 Å². The molecule has 2 rings (SSSR count). The summed E-state index contributed by atoms with van der Waals surface area (Å²) in [7, 11) is 0. The molecule has 1 atom stereocenters. The lowest BCUT2D eigenvalue weighted by Crippen LogP contribution is -2.30. The lowest BCUT2D eigenvalue weighted by molar-refractivity contribution is 0.0576. The number of hydrogen-bond acceptors (Lipinski definition) is 3. The Morgan fingerprint density at radius 3 is 1.66 bits per heavy atom. The van der Waals surface area contributed by atoms with Gasteiger partial charge in [-0.1, -0.05) is 85.6 Å². The molecule has 1 N–H and O–H groups in total. The maximum absolute atomic E-state index is 10.5. The Bertz CT molecular complexity index is 951. The second-order valence-corrected chi connectivity index (χ2v) is 11.5. The van der Waals surface area contributed by atoms with Gasteiger partial charge < -0.3 is 14.6 Å². The van der Waals surface area contributed by atoms with Crippen molar-refractivity contribution in [2.45, 2.75) is 118 Å². The van der Waals surface area contributed by atoms with Gasteiger partial charge in [0.15, 0.2) is 0 Å². The normalized spacial score (nSPS) is 13.6. The Morgan fingerprint density at radius 2 is 1.23 bits per heavy atom. The summed E-state index contributed by atoms with van der Waals surface area (Å²) < 4.78 is 12.4. The molecule has 0 saturated heterocycles. The largest absolute Gasteiger partial charge is 0.491 e. The van der Waals surface area contributed by atoms with Crippen LogP contribution in [0.1, 0.15) is 110 Å². The minimum absolute atomic E-state index is 0.131. The molecule has 0 heterocycles. The van der Waals surface area contributed by atoms with E-state index in [1.165, 1.54) is 16.7 Å². The van der Waals surface area contributed by atoms with Crippen LogP contribution in [0.2, 0.25) is 0 Å². The summed E-state index contributed by atoms with van der Waals surface area (Å²) in [5.74, 6) is 1.81. The molecule has 0 radical (unpaired) electrons. The molecule has 0 bridgehead atoms. The molecule has 0 aliphatic carbocycles. The van der Waals surface area contributed by atoms with Crippen molar-refractivity contribution in [2.24, 2.45) is 5.41 Å². The summed E-state index contributed by atoms with van der Waals surface area (Å²) in [4.78, 5) is 0. The van der Waals surface area contributed by atoms with Gasteiger partial charge >= 0.3 is 0 Å². The van der Waals surface area contributed by atoms with Gasteiger partial charge in [-0.2, -0.15) is 0 Å². The highest BCUT2D eigenvalue weighted by Gasteiger charge is 2.27. The van der Waals surface area contributed by atoms with Gasteiger partial charge in [0.1, 0.15) is 23.7 Å². The van der Waals surface area contributed by atoms with E-state index in [-0.39, 0.29) is 16.4 Å². The molecule has 0 aliphatic rings. The van der Waals surface area contributed by atoms with E-state index in [0.717, 1.165) is 49.2 Å². The van der Waals surface area contributed by atoms with E-state index in [1.54, 1.807) is 0 Å². The molecule has 0 spiro atoms. The van der Waals surface area contributed by atoms with Crippen molar-refractivity contribution in [3.05, 3.63) is 58.7 Å². The van der Waals surface area contributed by atoms with Gasteiger partial charge in [-0.3, -0.25) is 0 Å². The summed E-state index contributed by atoms with van der Waals surface area (Å²) >= 11 is 0. The van der Waals surface area contributed by atoms with Crippen molar-refractivity contribution in [3.8, 4) is 11.5 Å². The fraction of sp³-hybridized carbons (Fsp3) is 0.625. The third-order valence-corrected chi connectivity index (χ3v) is 8.51. The van der Waals surface area contributed by atoms with E-state index >= 15 is 0 Å². The first-order valence-electron chi connectivity index (χ1n) is 13.5. The summed E-state index contributed by atoms with van der Waals surface area (Å²) in [5.41, 5.74) is 4.64. The molecule has 35 heavy (non-hydrogen) atoms. The molecule has 3 nitrogen and oxygen atoms in total. The number of aliphatic hydroxyl groups is 1. The summed E-state index contributed by atoms with van der Waals surface area (Å²) in [6.45, 7) is 22.2. The molecule has 0 saturated carbocycles. The maximum Gasteiger partial charge on any atom is 0.123 e. The summed E-state index contributed by atoms with van der Waals surface area (Å²) in [5, 5.41) is 10.5. The molecule has 0 aromatic heterocycles. The van der Waals surface area contributed by atoms with Gasteiger partial charge in [0.25, 0.3) is 0 Å². The van der Waals surface area contributed by atoms with Gasteiger partial charge in [-0.05, 0) is 79.8 Å². The number of rotatable bonds is 13. The molecule has 1 unspecified atom stereocenters. The second-order valence-electron chi connectivity index (χ2n) is 11.5. The van der Waals surface area contributed by atoms with Crippen LogP contribution in [0.15, 0.2) is 36.4 Å². The van der Waals surface area contributed by atoms with E-state index in [1.807, 2.05) is 0 Å². The fourth-order valence-electron chi connectivity index (χ4n) is 4.53. The maximum atomic E-state index is 10.5. The predicted octanol–water partition coefficient (Wildman–Crippen LogP) is 8.54. The zero-order chi connectivity index (χ0) is 26.4. The van der Waals surface area contributed by atoms with E-state index in [2.05, 4.69) is 106 Å². The molecular weight excluding hydrogens is 432 g/mol. The van der Waals surface area contributed by atoms with Crippen LogP contribution in [0, 0.1) is 19.3 Å². The van der Waals surface area contributed by atoms with Crippen molar-refractivity contribution in [2.75, 3.05) is 6.61 Å². The topological polar surface area (TPSA) is 38.7 Å². The quantitative estimate of drug-likeness (QED) is 0.311. The van der Waals surface area contributed by atoms with E-state index in [4.69, 9.17) is 9.47 Å². The van der Waals surface area contributed by atoms with Crippen LogP contribution in [-0.2, 0) is 5.41 Å². The number of hydrogen-bond donors (Lipinski definition) is 1. The summed E-state index contributed by atoms with van der Waals surface area (Å²) in [6, 6.07) is 13.0. The van der Waals surface area contributed by atoms with E-state index < -0.39 is 6.10 Å². The SMILES string of the molecule is CCC(C)(CC)CC(O)COc1ccc(C(C)(C)c2ccc(OC(C)(CC)CC)c(C)c2)cc1C. The Balaban J connectivity index is 2.16. The average Bonchev–Trinajstić information content (AvgIpc) is 2.84. The minimum Gasteiger partial charge on any atom is -0.491 e. The first-order chi connectivity index (χ1) is 16.3. The lowest BCUT2D eigenvalue weighted by Gasteiger charge is -2.31. The van der Waals surface area contributed by atoms with Crippen LogP contribution in [0.3, 0.4) is 0 Å². The number of benzene rings is 2.